The number of hydrogen-bond acceptors (Lipinski definition) is 6. The first-order valence-electron chi connectivity index (χ1n) is 9.97. The highest BCUT2D eigenvalue weighted by Gasteiger charge is 2.41. The number of amides is 1. The van der Waals surface area contributed by atoms with Crippen molar-refractivity contribution in [3.8, 4) is 0 Å². The number of ether oxygens (including phenoxy) is 2. The van der Waals surface area contributed by atoms with E-state index in [0.29, 0.717) is 14.5 Å². The first-order valence-corrected chi connectivity index (χ1v) is 11.9. The number of halogens is 4. The zero-order valence-corrected chi connectivity index (χ0v) is 21.8. The van der Waals surface area contributed by atoms with Gasteiger partial charge < -0.3 is 19.9 Å². The van der Waals surface area contributed by atoms with E-state index in [1.807, 2.05) is 0 Å². The monoisotopic (exact) mass is 613 g/mol. The van der Waals surface area contributed by atoms with Crippen LogP contribution in [-0.2, 0) is 19.1 Å². The number of carboxylic acid groups (broad SMARTS) is 1. The predicted octanol–water partition coefficient (Wildman–Crippen LogP) is 5.88. The van der Waals surface area contributed by atoms with Crippen LogP contribution in [0.4, 0.5) is 5.69 Å². The second-order valence-electron chi connectivity index (χ2n) is 7.12. The Hall–Kier alpha value is -3.11. The molecule has 1 amide bonds. The van der Waals surface area contributed by atoms with Crippen LogP contribution in [0.2, 0.25) is 15.1 Å². The minimum Gasteiger partial charge on any atom is -0.478 e. The molecule has 0 aliphatic carbocycles. The van der Waals surface area contributed by atoms with Crippen molar-refractivity contribution in [2.24, 2.45) is 0 Å². The molecule has 0 aliphatic rings. The number of carboxylic acids is 1. The quantitative estimate of drug-likeness (QED) is 0.304. The summed E-state index contributed by atoms with van der Waals surface area (Å²) in [5, 5.41) is 13.1. The Bertz CT molecular complexity index is 1300. The second kappa shape index (κ2) is 12.2. The van der Waals surface area contributed by atoms with Gasteiger partial charge in [0, 0.05) is 20.2 Å². The van der Waals surface area contributed by atoms with E-state index < -0.39 is 36.0 Å². The van der Waals surface area contributed by atoms with Crippen molar-refractivity contribution in [3.63, 3.8) is 0 Å². The van der Waals surface area contributed by atoms with Gasteiger partial charge in [0.15, 0.2) is 0 Å². The number of anilines is 1. The second-order valence-corrected chi connectivity index (χ2v) is 9.26. The molecular weight excluding hydrogens is 601 g/mol. The van der Waals surface area contributed by atoms with E-state index in [2.05, 4.69) is 21.2 Å². The van der Waals surface area contributed by atoms with Gasteiger partial charge in [0.05, 0.1) is 16.1 Å². The minimum absolute atomic E-state index is 0.0166. The zero-order valence-electron chi connectivity index (χ0n) is 17.9. The van der Waals surface area contributed by atoms with Gasteiger partial charge >= 0.3 is 17.9 Å². The summed E-state index contributed by atoms with van der Waals surface area (Å²) in [5.74, 6) is -4.93. The van der Waals surface area contributed by atoms with E-state index in [9.17, 15) is 24.3 Å². The molecule has 2 atom stereocenters. The number of carbonyl (C=O) groups excluding carboxylic acids is 3. The third-order valence-electron chi connectivity index (χ3n) is 4.59. The fourth-order valence-corrected chi connectivity index (χ4v) is 3.50. The number of aliphatic carboxylic acids is 1. The first kappa shape index (κ1) is 27.5. The molecule has 0 aromatic heterocycles. The molecule has 3 rings (SSSR count). The molecule has 0 bridgehead atoms. The summed E-state index contributed by atoms with van der Waals surface area (Å²) in [4.78, 5) is 50.5. The normalized spacial score (nSPS) is 12.2. The number of carbonyl (C=O) groups is 4. The lowest BCUT2D eigenvalue weighted by molar-refractivity contribution is -0.157. The van der Waals surface area contributed by atoms with Gasteiger partial charge in [0.2, 0.25) is 12.2 Å². The highest BCUT2D eigenvalue weighted by molar-refractivity contribution is 9.10. The van der Waals surface area contributed by atoms with E-state index in [1.165, 1.54) is 60.7 Å². The molecule has 0 fully saturated rings. The Morgan fingerprint density at radius 2 is 1.22 bits per heavy atom. The van der Waals surface area contributed by atoms with E-state index in [4.69, 9.17) is 44.3 Å². The maximum Gasteiger partial charge on any atom is 0.349 e. The fourth-order valence-electron chi connectivity index (χ4n) is 2.82. The zero-order chi connectivity index (χ0) is 26.4. The molecule has 3 aromatic rings. The molecular formula is C24H15BrCl3NO7. The van der Waals surface area contributed by atoms with Crippen LogP contribution < -0.4 is 5.32 Å². The molecule has 0 unspecified atom stereocenters. The van der Waals surface area contributed by atoms with Gasteiger partial charge in [-0.05, 0) is 82.7 Å². The number of benzene rings is 3. The maximum absolute atomic E-state index is 13.1. The van der Waals surface area contributed by atoms with Crippen LogP contribution in [0.25, 0.3) is 0 Å². The SMILES string of the molecule is O=C(O[C@@H](C(=O)O)[C@@H](OC(=O)c1ccc(Cl)cc1)C(=O)Nc1ccc(Br)c(Cl)c1)c1ccc(Cl)cc1. The van der Waals surface area contributed by atoms with Crippen molar-refractivity contribution >= 4 is 80.2 Å². The van der Waals surface area contributed by atoms with Crippen molar-refractivity contribution in [2.75, 3.05) is 5.32 Å². The fraction of sp³-hybridized carbons (Fsp3) is 0.0833. The number of nitrogens with one attached hydrogen (secondary N) is 1. The summed E-state index contributed by atoms with van der Waals surface area (Å²) in [7, 11) is 0. The highest BCUT2D eigenvalue weighted by atomic mass is 79.9. The highest BCUT2D eigenvalue weighted by Crippen LogP contribution is 2.26. The van der Waals surface area contributed by atoms with Gasteiger partial charge in [-0.3, -0.25) is 4.79 Å². The largest absolute Gasteiger partial charge is 0.478 e. The predicted molar refractivity (Wildman–Crippen MR) is 137 cm³/mol. The summed E-state index contributed by atoms with van der Waals surface area (Å²) >= 11 is 20.9. The standard InChI is InChI=1S/C24H15BrCl3NO7/c25-17-10-9-16(11-18(17)28)29-21(30)19(35-23(33)12-1-5-14(26)6-2-12)20(22(31)32)36-24(34)13-3-7-15(27)8-4-13/h1-11,19-20H,(H,29,30)(H,31,32)/t19-,20-/m1/s1. The minimum atomic E-state index is -2.20. The Morgan fingerprint density at radius 3 is 1.67 bits per heavy atom. The van der Waals surface area contributed by atoms with Crippen LogP contribution in [0.3, 0.4) is 0 Å². The number of hydrogen-bond donors (Lipinski definition) is 2. The number of rotatable bonds is 8. The number of esters is 2. The van der Waals surface area contributed by atoms with Crippen molar-refractivity contribution in [1.82, 2.24) is 0 Å². The molecule has 0 saturated heterocycles. The summed E-state index contributed by atoms with van der Waals surface area (Å²) < 4.78 is 10.9. The molecule has 3 aromatic carbocycles. The van der Waals surface area contributed by atoms with E-state index in [0.717, 1.165) is 0 Å². The maximum atomic E-state index is 13.1. The van der Waals surface area contributed by atoms with Gasteiger partial charge in [-0.25, -0.2) is 14.4 Å². The van der Waals surface area contributed by atoms with Gasteiger partial charge in [-0.2, -0.15) is 0 Å². The molecule has 2 N–H and O–H groups in total. The lowest BCUT2D eigenvalue weighted by atomic mass is 10.1. The molecule has 12 heteroatoms. The Kier molecular flexibility index (Phi) is 9.33. The first-order chi connectivity index (χ1) is 17.0. The third-order valence-corrected chi connectivity index (χ3v) is 6.33. The smallest absolute Gasteiger partial charge is 0.349 e. The summed E-state index contributed by atoms with van der Waals surface area (Å²) in [6, 6.07) is 15.3. The van der Waals surface area contributed by atoms with Crippen molar-refractivity contribution in [3.05, 3.63) is 97.4 Å². The average Bonchev–Trinajstić information content (AvgIpc) is 2.84. The third kappa shape index (κ3) is 7.20. The van der Waals surface area contributed by atoms with Crippen LogP contribution in [0.1, 0.15) is 20.7 Å². The molecule has 0 radical (unpaired) electrons. The molecule has 36 heavy (non-hydrogen) atoms. The van der Waals surface area contributed by atoms with E-state index in [1.54, 1.807) is 6.07 Å². The van der Waals surface area contributed by atoms with Crippen LogP contribution in [0.5, 0.6) is 0 Å². The molecule has 186 valence electrons. The molecule has 0 saturated carbocycles. The van der Waals surface area contributed by atoms with Crippen LogP contribution in [0, 0.1) is 0 Å². The topological polar surface area (TPSA) is 119 Å². The average molecular weight is 616 g/mol. The van der Waals surface area contributed by atoms with Gasteiger partial charge in [-0.1, -0.05) is 34.8 Å². The van der Waals surface area contributed by atoms with Gasteiger partial charge in [-0.15, -0.1) is 0 Å². The van der Waals surface area contributed by atoms with Gasteiger partial charge in [0.1, 0.15) is 0 Å². The molecule has 0 spiro atoms. The lowest BCUT2D eigenvalue weighted by Crippen LogP contribution is -2.48. The molecule has 0 heterocycles. The van der Waals surface area contributed by atoms with Crippen LogP contribution >= 0.6 is 50.7 Å². The van der Waals surface area contributed by atoms with Crippen molar-refractivity contribution < 1.29 is 33.8 Å². The van der Waals surface area contributed by atoms with E-state index >= 15 is 0 Å². The van der Waals surface area contributed by atoms with Gasteiger partial charge in [0.25, 0.3) is 5.91 Å². The lowest BCUT2D eigenvalue weighted by Gasteiger charge is -2.23. The Balaban J connectivity index is 1.92. The van der Waals surface area contributed by atoms with Crippen LogP contribution in [-0.4, -0.2) is 41.1 Å². The molecule has 8 nitrogen and oxygen atoms in total. The van der Waals surface area contributed by atoms with Crippen molar-refractivity contribution in [1.29, 1.82) is 0 Å². The Labute approximate surface area is 228 Å². The summed E-state index contributed by atoms with van der Waals surface area (Å²) in [5.41, 5.74) is 0.125. The molecule has 0 aliphatic heterocycles. The summed E-state index contributed by atoms with van der Waals surface area (Å²) in [6.45, 7) is 0. The summed E-state index contributed by atoms with van der Waals surface area (Å²) in [6.07, 6.45) is -4.28. The Morgan fingerprint density at radius 1 is 0.750 bits per heavy atom. The van der Waals surface area contributed by atoms with Crippen LogP contribution in [0.15, 0.2) is 71.2 Å². The van der Waals surface area contributed by atoms with Crippen molar-refractivity contribution in [2.45, 2.75) is 12.2 Å². The van der Waals surface area contributed by atoms with E-state index in [-0.39, 0.29) is 21.8 Å².